The molecule has 4 nitrogen and oxygen atoms in total. The topological polar surface area (TPSA) is 44.9 Å². The highest BCUT2D eigenvalue weighted by molar-refractivity contribution is 5.20. The Morgan fingerprint density at radius 2 is 2.06 bits per heavy atom. The number of hydrogen-bond donors (Lipinski definition) is 0. The largest absolute Gasteiger partial charge is 0.297 e. The molecule has 0 amide bonds. The van der Waals surface area contributed by atoms with E-state index in [1.54, 1.807) is 0 Å². The molecule has 2 heterocycles. The van der Waals surface area contributed by atoms with E-state index in [-0.39, 0.29) is 0 Å². The number of rotatable bonds is 3. The molecule has 2 unspecified atom stereocenters. The van der Waals surface area contributed by atoms with Crippen LogP contribution in [0.1, 0.15) is 31.5 Å². The number of aryl methyl sites for hydroxylation is 1. The van der Waals surface area contributed by atoms with Gasteiger partial charge in [0.05, 0.1) is 18.2 Å². The molecule has 1 fully saturated rings. The molecule has 0 radical (unpaired) electrons. The fourth-order valence-corrected chi connectivity index (χ4v) is 3.08. The quantitative estimate of drug-likeness (QED) is 0.819. The first-order chi connectivity index (χ1) is 8.58. The predicted octanol–water partition coefficient (Wildman–Crippen LogP) is 1.96. The molecule has 2 rings (SSSR count). The van der Waals surface area contributed by atoms with E-state index < -0.39 is 0 Å². The molecule has 4 heteroatoms. The number of nitriles is 1. The SMILES string of the molecule is CC1CC(C)CN(Cc2nn(C)cc2CC#N)C1. The normalized spacial score (nSPS) is 25.0. The van der Waals surface area contributed by atoms with Gasteiger partial charge in [0.15, 0.2) is 0 Å². The lowest BCUT2D eigenvalue weighted by Gasteiger charge is -2.34. The first kappa shape index (κ1) is 13.1. The highest BCUT2D eigenvalue weighted by atomic mass is 15.3. The van der Waals surface area contributed by atoms with Gasteiger partial charge in [-0.3, -0.25) is 9.58 Å². The van der Waals surface area contributed by atoms with Gasteiger partial charge in [0.2, 0.25) is 0 Å². The van der Waals surface area contributed by atoms with Crippen LogP contribution in [0.2, 0.25) is 0 Å². The molecule has 98 valence electrons. The van der Waals surface area contributed by atoms with Gasteiger partial charge in [0.1, 0.15) is 0 Å². The van der Waals surface area contributed by atoms with Gasteiger partial charge < -0.3 is 0 Å². The highest BCUT2D eigenvalue weighted by Crippen LogP contribution is 2.22. The van der Waals surface area contributed by atoms with Crippen molar-refractivity contribution in [1.82, 2.24) is 14.7 Å². The summed E-state index contributed by atoms with van der Waals surface area (Å²) in [5, 5.41) is 13.3. The summed E-state index contributed by atoms with van der Waals surface area (Å²) in [6.45, 7) is 7.81. The molecule has 0 bridgehead atoms. The van der Waals surface area contributed by atoms with Gasteiger partial charge in [-0.25, -0.2) is 0 Å². The van der Waals surface area contributed by atoms with Gasteiger partial charge in [-0.15, -0.1) is 0 Å². The van der Waals surface area contributed by atoms with Crippen molar-refractivity contribution in [3.8, 4) is 6.07 Å². The number of likely N-dealkylation sites (tertiary alicyclic amines) is 1. The number of hydrogen-bond acceptors (Lipinski definition) is 3. The smallest absolute Gasteiger partial charge is 0.0807 e. The average Bonchev–Trinajstić information content (AvgIpc) is 2.58. The van der Waals surface area contributed by atoms with Gasteiger partial charge in [-0.2, -0.15) is 10.4 Å². The van der Waals surface area contributed by atoms with E-state index in [0.29, 0.717) is 6.42 Å². The minimum absolute atomic E-state index is 0.460. The lowest BCUT2D eigenvalue weighted by Crippen LogP contribution is -2.38. The standard InChI is InChI=1S/C14H22N4/c1-11-6-12(2)8-18(7-11)10-14-13(4-5-15)9-17(3)16-14/h9,11-12H,4,6-8,10H2,1-3H3. The molecule has 1 aliphatic rings. The second-order valence-electron chi connectivity index (χ2n) is 5.75. The van der Waals surface area contributed by atoms with Gasteiger partial charge >= 0.3 is 0 Å². The van der Waals surface area contributed by atoms with Gasteiger partial charge in [-0.05, 0) is 18.3 Å². The third-order valence-corrected chi connectivity index (χ3v) is 3.58. The monoisotopic (exact) mass is 246 g/mol. The summed E-state index contributed by atoms with van der Waals surface area (Å²) in [6, 6.07) is 2.22. The number of nitrogens with zero attached hydrogens (tertiary/aromatic N) is 4. The number of piperidine rings is 1. The first-order valence-electron chi connectivity index (χ1n) is 6.69. The van der Waals surface area contributed by atoms with E-state index in [4.69, 9.17) is 5.26 Å². The average molecular weight is 246 g/mol. The number of aromatic nitrogens is 2. The Morgan fingerprint density at radius 3 is 2.67 bits per heavy atom. The maximum atomic E-state index is 8.84. The Morgan fingerprint density at radius 1 is 1.39 bits per heavy atom. The van der Waals surface area contributed by atoms with Crippen molar-refractivity contribution in [1.29, 1.82) is 5.26 Å². The maximum Gasteiger partial charge on any atom is 0.0807 e. The Labute approximate surface area is 109 Å². The molecule has 2 atom stereocenters. The van der Waals surface area contributed by atoms with Crippen LogP contribution in [0.5, 0.6) is 0 Å². The third kappa shape index (κ3) is 3.11. The summed E-state index contributed by atoms with van der Waals surface area (Å²) in [4.78, 5) is 2.47. The summed E-state index contributed by atoms with van der Waals surface area (Å²) < 4.78 is 1.82. The molecule has 1 aromatic rings. The first-order valence-corrected chi connectivity index (χ1v) is 6.69. The Balaban J connectivity index is 2.06. The van der Waals surface area contributed by atoms with E-state index in [1.165, 1.54) is 6.42 Å². The van der Waals surface area contributed by atoms with Crippen molar-refractivity contribution in [2.75, 3.05) is 13.1 Å². The van der Waals surface area contributed by atoms with Crippen LogP contribution in [-0.4, -0.2) is 27.8 Å². The molecule has 18 heavy (non-hydrogen) atoms. The van der Waals surface area contributed by atoms with Gasteiger partial charge in [-0.1, -0.05) is 13.8 Å². The fraction of sp³-hybridized carbons (Fsp3) is 0.714. The summed E-state index contributed by atoms with van der Waals surface area (Å²) >= 11 is 0. The van der Waals surface area contributed by atoms with Crippen LogP contribution in [0.15, 0.2) is 6.20 Å². The molecular formula is C14H22N4. The third-order valence-electron chi connectivity index (χ3n) is 3.58. The summed E-state index contributed by atoms with van der Waals surface area (Å²) in [5.74, 6) is 1.52. The van der Waals surface area contributed by atoms with Crippen LogP contribution >= 0.6 is 0 Å². The minimum Gasteiger partial charge on any atom is -0.297 e. The van der Waals surface area contributed by atoms with Gasteiger partial charge in [0.25, 0.3) is 0 Å². The molecule has 1 saturated heterocycles. The van der Waals surface area contributed by atoms with Crippen molar-refractivity contribution < 1.29 is 0 Å². The van der Waals surface area contributed by atoms with Crippen LogP contribution in [0.3, 0.4) is 0 Å². The van der Waals surface area contributed by atoms with Crippen LogP contribution in [0, 0.1) is 23.2 Å². The second-order valence-corrected chi connectivity index (χ2v) is 5.75. The minimum atomic E-state index is 0.460. The maximum absolute atomic E-state index is 8.84. The summed E-state index contributed by atoms with van der Waals surface area (Å²) in [6.07, 6.45) is 3.75. The summed E-state index contributed by atoms with van der Waals surface area (Å²) in [5.41, 5.74) is 2.14. The lowest BCUT2D eigenvalue weighted by molar-refractivity contribution is 0.132. The highest BCUT2D eigenvalue weighted by Gasteiger charge is 2.23. The molecule has 0 saturated carbocycles. The van der Waals surface area contributed by atoms with E-state index in [9.17, 15) is 0 Å². The lowest BCUT2D eigenvalue weighted by atomic mass is 9.92. The Kier molecular flexibility index (Phi) is 4.03. The van der Waals surface area contributed by atoms with Crippen molar-refractivity contribution in [3.63, 3.8) is 0 Å². The molecular weight excluding hydrogens is 224 g/mol. The van der Waals surface area contributed by atoms with Crippen molar-refractivity contribution in [2.24, 2.45) is 18.9 Å². The molecule has 1 aromatic heterocycles. The molecule has 0 aliphatic carbocycles. The zero-order valence-corrected chi connectivity index (χ0v) is 11.6. The second kappa shape index (κ2) is 5.53. The van der Waals surface area contributed by atoms with Crippen LogP contribution in [0.25, 0.3) is 0 Å². The predicted molar refractivity (Wildman–Crippen MR) is 70.7 cm³/mol. The van der Waals surface area contributed by atoms with E-state index >= 15 is 0 Å². The Bertz CT molecular complexity index is 433. The fourth-order valence-electron chi connectivity index (χ4n) is 3.08. The zero-order chi connectivity index (χ0) is 13.1. The van der Waals surface area contributed by atoms with Crippen LogP contribution < -0.4 is 0 Å². The zero-order valence-electron chi connectivity index (χ0n) is 11.6. The Hall–Kier alpha value is -1.34. The molecule has 0 N–H and O–H groups in total. The van der Waals surface area contributed by atoms with Crippen LogP contribution in [0.4, 0.5) is 0 Å². The van der Waals surface area contributed by atoms with Crippen molar-refractivity contribution >= 4 is 0 Å². The van der Waals surface area contributed by atoms with E-state index in [0.717, 1.165) is 42.7 Å². The van der Waals surface area contributed by atoms with E-state index in [2.05, 4.69) is 29.9 Å². The molecule has 0 spiro atoms. The molecule has 0 aromatic carbocycles. The van der Waals surface area contributed by atoms with Gasteiger partial charge in [0, 0.05) is 38.4 Å². The summed E-state index contributed by atoms with van der Waals surface area (Å²) in [7, 11) is 1.92. The molecule has 1 aliphatic heterocycles. The van der Waals surface area contributed by atoms with Crippen LogP contribution in [-0.2, 0) is 20.0 Å². The van der Waals surface area contributed by atoms with Crippen molar-refractivity contribution in [3.05, 3.63) is 17.5 Å². The van der Waals surface area contributed by atoms with E-state index in [1.807, 2.05) is 17.9 Å². The van der Waals surface area contributed by atoms with Crippen molar-refractivity contribution in [2.45, 2.75) is 33.2 Å².